The fourth-order valence-electron chi connectivity index (χ4n) is 9.41. The van der Waals surface area contributed by atoms with E-state index in [1.54, 1.807) is 0 Å². The van der Waals surface area contributed by atoms with Crippen LogP contribution in [0.25, 0.3) is 44.2 Å². The van der Waals surface area contributed by atoms with E-state index in [0.29, 0.717) is 6.54 Å². The molecule has 1 aliphatic heterocycles. The standard InChI is InChI=1S/C55H38N2/c1-2-20-46(21-3-1)57-53-26-10-8-24-50(53)55(51-25-9-11-27-54(51)57)49-23-7-6-22-47(49)48-31-30-45(35-52(48)55)44-19-13-18-43(34-44)42-17-12-14-38(32-42)36-56-37-39-28-29-40-15-4-5-16-41(40)33-39/h1-35,37H,36H2. The zero-order valence-corrected chi connectivity index (χ0v) is 31.4. The number of anilines is 3. The van der Waals surface area contributed by atoms with Crippen molar-refractivity contribution in [2.24, 2.45) is 4.99 Å². The molecule has 0 atom stereocenters. The van der Waals surface area contributed by atoms with Gasteiger partial charge in [-0.05, 0) is 126 Å². The van der Waals surface area contributed by atoms with Gasteiger partial charge in [-0.1, -0.05) is 164 Å². The molecule has 268 valence electrons. The molecule has 0 unspecified atom stereocenters. The van der Waals surface area contributed by atoms with Crippen LogP contribution in [0.5, 0.6) is 0 Å². The zero-order chi connectivity index (χ0) is 37.8. The predicted molar refractivity (Wildman–Crippen MR) is 238 cm³/mol. The predicted octanol–water partition coefficient (Wildman–Crippen LogP) is 13.9. The Morgan fingerprint density at radius 1 is 0.404 bits per heavy atom. The lowest BCUT2D eigenvalue weighted by Crippen LogP contribution is -2.36. The molecule has 2 nitrogen and oxygen atoms in total. The molecule has 2 aliphatic rings. The number of hydrogen-bond donors (Lipinski definition) is 0. The summed E-state index contributed by atoms with van der Waals surface area (Å²) in [6.45, 7) is 0.623. The van der Waals surface area contributed by atoms with Gasteiger partial charge in [-0.2, -0.15) is 0 Å². The van der Waals surface area contributed by atoms with Gasteiger partial charge in [-0.3, -0.25) is 4.99 Å². The van der Waals surface area contributed by atoms with Crippen LogP contribution in [0.2, 0.25) is 0 Å². The first-order valence-corrected chi connectivity index (χ1v) is 19.7. The maximum atomic E-state index is 4.84. The van der Waals surface area contributed by atoms with E-state index in [4.69, 9.17) is 4.99 Å². The van der Waals surface area contributed by atoms with E-state index < -0.39 is 5.41 Å². The van der Waals surface area contributed by atoms with E-state index in [0.717, 1.165) is 11.3 Å². The zero-order valence-electron chi connectivity index (χ0n) is 31.4. The first kappa shape index (κ1) is 33.1. The number of para-hydroxylation sites is 3. The molecule has 9 aromatic carbocycles. The Morgan fingerprint density at radius 3 is 1.77 bits per heavy atom. The first-order chi connectivity index (χ1) is 28.3. The van der Waals surface area contributed by atoms with Crippen LogP contribution in [0.1, 0.15) is 33.4 Å². The Morgan fingerprint density at radius 2 is 1.00 bits per heavy atom. The molecule has 0 fully saturated rings. The average molecular weight is 727 g/mol. The second-order valence-corrected chi connectivity index (χ2v) is 15.1. The molecule has 0 aromatic heterocycles. The highest BCUT2D eigenvalue weighted by Gasteiger charge is 2.51. The molecular weight excluding hydrogens is 689 g/mol. The minimum absolute atomic E-state index is 0.486. The van der Waals surface area contributed by atoms with E-state index >= 15 is 0 Å². The number of nitrogens with zero attached hydrogens (tertiary/aromatic N) is 2. The molecule has 57 heavy (non-hydrogen) atoms. The van der Waals surface area contributed by atoms with Gasteiger partial charge in [0.2, 0.25) is 0 Å². The van der Waals surface area contributed by atoms with Crippen LogP contribution in [-0.2, 0) is 12.0 Å². The number of hydrogen-bond acceptors (Lipinski definition) is 2. The van der Waals surface area contributed by atoms with Crippen LogP contribution in [0.4, 0.5) is 17.1 Å². The highest BCUT2D eigenvalue weighted by molar-refractivity contribution is 5.97. The fourth-order valence-corrected chi connectivity index (χ4v) is 9.41. The lowest BCUT2D eigenvalue weighted by Gasteiger charge is -2.45. The van der Waals surface area contributed by atoms with Crippen molar-refractivity contribution in [1.82, 2.24) is 0 Å². The summed E-state index contributed by atoms with van der Waals surface area (Å²) < 4.78 is 0. The Hall–Kier alpha value is -7.29. The second kappa shape index (κ2) is 13.5. The Kier molecular flexibility index (Phi) is 7.82. The molecule has 9 aromatic rings. The summed E-state index contributed by atoms with van der Waals surface area (Å²) in [6.07, 6.45) is 1.99. The Bertz CT molecular complexity index is 2960. The molecule has 11 rings (SSSR count). The van der Waals surface area contributed by atoms with Crippen LogP contribution < -0.4 is 4.90 Å². The molecule has 1 aliphatic carbocycles. The normalized spacial score (nSPS) is 13.4. The average Bonchev–Trinajstić information content (AvgIpc) is 3.57. The summed E-state index contributed by atoms with van der Waals surface area (Å²) in [7, 11) is 0. The second-order valence-electron chi connectivity index (χ2n) is 15.1. The summed E-state index contributed by atoms with van der Waals surface area (Å²) in [5.74, 6) is 0. The van der Waals surface area contributed by atoms with Crippen LogP contribution in [0.15, 0.2) is 217 Å². The molecule has 1 heterocycles. The van der Waals surface area contributed by atoms with E-state index in [1.807, 2.05) is 6.21 Å². The van der Waals surface area contributed by atoms with E-state index in [1.165, 1.54) is 83.3 Å². The third kappa shape index (κ3) is 5.37. The minimum Gasteiger partial charge on any atom is -0.310 e. The molecule has 1 spiro atoms. The van der Waals surface area contributed by atoms with Crippen molar-refractivity contribution in [3.63, 3.8) is 0 Å². The van der Waals surface area contributed by atoms with Crippen molar-refractivity contribution in [3.05, 3.63) is 246 Å². The van der Waals surface area contributed by atoms with Crippen LogP contribution in [-0.4, -0.2) is 6.21 Å². The van der Waals surface area contributed by atoms with Crippen molar-refractivity contribution in [2.75, 3.05) is 4.90 Å². The molecule has 2 heteroatoms. The quantitative estimate of drug-likeness (QED) is 0.156. The van der Waals surface area contributed by atoms with Gasteiger partial charge in [0.05, 0.1) is 23.3 Å². The first-order valence-electron chi connectivity index (χ1n) is 19.7. The number of fused-ring (bicyclic) bond motifs is 10. The smallest absolute Gasteiger partial charge is 0.0754 e. The third-order valence-corrected chi connectivity index (χ3v) is 11.9. The topological polar surface area (TPSA) is 15.6 Å². The Balaban J connectivity index is 0.992. The van der Waals surface area contributed by atoms with Gasteiger partial charge >= 0.3 is 0 Å². The van der Waals surface area contributed by atoms with E-state index in [2.05, 4.69) is 217 Å². The van der Waals surface area contributed by atoms with Gasteiger partial charge in [-0.25, -0.2) is 0 Å². The Labute approximate surface area is 333 Å². The molecule has 0 saturated carbocycles. The fraction of sp³-hybridized carbons (Fsp3) is 0.0364. The van der Waals surface area contributed by atoms with Crippen molar-refractivity contribution < 1.29 is 0 Å². The highest BCUT2D eigenvalue weighted by atomic mass is 15.2. The van der Waals surface area contributed by atoms with Gasteiger partial charge in [0, 0.05) is 11.9 Å². The number of aliphatic imine (C=N–C) groups is 1. The van der Waals surface area contributed by atoms with Gasteiger partial charge in [0.25, 0.3) is 0 Å². The van der Waals surface area contributed by atoms with Gasteiger partial charge in [0.1, 0.15) is 0 Å². The van der Waals surface area contributed by atoms with E-state index in [-0.39, 0.29) is 0 Å². The molecule has 0 N–H and O–H groups in total. The summed E-state index contributed by atoms with van der Waals surface area (Å²) in [6, 6.07) is 77.7. The van der Waals surface area contributed by atoms with Gasteiger partial charge in [0.15, 0.2) is 0 Å². The van der Waals surface area contributed by atoms with E-state index in [9.17, 15) is 0 Å². The maximum absolute atomic E-state index is 4.84. The summed E-state index contributed by atoms with van der Waals surface area (Å²) >= 11 is 0. The summed E-state index contributed by atoms with van der Waals surface area (Å²) in [5.41, 5.74) is 18.0. The minimum atomic E-state index is -0.486. The number of benzene rings is 9. The summed E-state index contributed by atoms with van der Waals surface area (Å²) in [4.78, 5) is 7.27. The van der Waals surface area contributed by atoms with Crippen molar-refractivity contribution in [1.29, 1.82) is 0 Å². The summed E-state index contributed by atoms with van der Waals surface area (Å²) in [5, 5.41) is 2.48. The largest absolute Gasteiger partial charge is 0.310 e. The van der Waals surface area contributed by atoms with Crippen molar-refractivity contribution in [3.8, 4) is 33.4 Å². The van der Waals surface area contributed by atoms with Crippen molar-refractivity contribution in [2.45, 2.75) is 12.0 Å². The number of rotatable bonds is 6. The highest BCUT2D eigenvalue weighted by Crippen LogP contribution is 2.63. The molecule has 0 radical (unpaired) electrons. The molecule has 0 bridgehead atoms. The monoisotopic (exact) mass is 726 g/mol. The SMILES string of the molecule is C(=NCc1cccc(-c2cccc(-c3ccc4c(c3)C3(c5ccccc5-4)c4ccccc4N(c4ccccc4)c4ccccc43)c2)c1)c1ccc2ccccc2c1. The maximum Gasteiger partial charge on any atom is 0.0754 e. The third-order valence-electron chi connectivity index (χ3n) is 11.9. The molecular formula is C55H38N2. The van der Waals surface area contributed by atoms with Crippen LogP contribution >= 0.6 is 0 Å². The van der Waals surface area contributed by atoms with Crippen molar-refractivity contribution >= 4 is 34.0 Å². The van der Waals surface area contributed by atoms with Gasteiger partial charge < -0.3 is 4.90 Å². The lowest BCUT2D eigenvalue weighted by molar-refractivity contribution is 0.753. The van der Waals surface area contributed by atoms with Crippen LogP contribution in [0.3, 0.4) is 0 Å². The lowest BCUT2D eigenvalue weighted by atomic mass is 9.64. The van der Waals surface area contributed by atoms with Gasteiger partial charge in [-0.15, -0.1) is 0 Å². The molecule has 0 amide bonds. The van der Waals surface area contributed by atoms with Crippen LogP contribution in [0, 0.1) is 0 Å². The molecule has 0 saturated heterocycles.